The van der Waals surface area contributed by atoms with Crippen LogP contribution in [0, 0.1) is 0 Å². The van der Waals surface area contributed by atoms with Gasteiger partial charge in [0, 0.05) is 6.42 Å². The Morgan fingerprint density at radius 3 is 2.81 bits per heavy atom. The third-order valence-electron chi connectivity index (χ3n) is 3.66. The van der Waals surface area contributed by atoms with Crippen LogP contribution in [-0.2, 0) is 23.7 Å². The molecule has 0 spiro atoms. The van der Waals surface area contributed by atoms with Crippen LogP contribution in [0.4, 0.5) is 0 Å². The maximum atomic E-state index is 11.2. The number of carbonyl (C=O) groups excluding carboxylic acids is 1. The summed E-state index contributed by atoms with van der Waals surface area (Å²) in [6.07, 6.45) is 1.84. The Balaban J connectivity index is 1.84. The first-order valence-electron chi connectivity index (χ1n) is 7.08. The van der Waals surface area contributed by atoms with Crippen molar-refractivity contribution in [1.29, 1.82) is 0 Å². The second kappa shape index (κ2) is 7.45. The molecule has 0 aromatic carbocycles. The smallest absolute Gasteiger partial charge is 0.321 e. The molecule has 1 N–H and O–H groups in total. The van der Waals surface area contributed by atoms with E-state index in [2.05, 4.69) is 0 Å². The third kappa shape index (κ3) is 4.32. The molecule has 2 aliphatic rings. The Kier molecular flexibility index (Phi) is 5.87. The second-order valence-corrected chi connectivity index (χ2v) is 5.54. The van der Waals surface area contributed by atoms with Crippen molar-refractivity contribution < 1.29 is 28.8 Å². The van der Waals surface area contributed by atoms with Crippen LogP contribution >= 0.6 is 11.6 Å². The van der Waals surface area contributed by atoms with Gasteiger partial charge in [0.25, 0.3) is 0 Å². The van der Waals surface area contributed by atoms with Crippen molar-refractivity contribution in [2.45, 2.75) is 63.5 Å². The molecule has 0 aliphatic carbocycles. The van der Waals surface area contributed by atoms with Gasteiger partial charge in [-0.1, -0.05) is 0 Å². The molecule has 2 rings (SSSR count). The highest BCUT2D eigenvalue weighted by molar-refractivity contribution is 6.26. The Hall–Kier alpha value is -0.820. The number of hydrogen-bond acceptors (Lipinski definition) is 6. The summed E-state index contributed by atoms with van der Waals surface area (Å²) in [6, 6.07) is 0. The fraction of sp³-hybridized carbons (Fsp3) is 0.786. The van der Waals surface area contributed by atoms with Gasteiger partial charge in [-0.3, -0.25) is 4.79 Å². The first-order chi connectivity index (χ1) is 10.0. The van der Waals surface area contributed by atoms with Gasteiger partial charge in [0.05, 0.1) is 12.4 Å². The van der Waals surface area contributed by atoms with E-state index in [1.807, 2.05) is 6.92 Å². The molecule has 0 amide bonds. The molecule has 21 heavy (non-hydrogen) atoms. The van der Waals surface area contributed by atoms with Gasteiger partial charge in [-0.2, -0.15) is 0 Å². The number of aliphatic hydroxyl groups is 1. The average molecular weight is 321 g/mol. The van der Waals surface area contributed by atoms with Crippen LogP contribution in [-0.4, -0.2) is 53.8 Å². The van der Waals surface area contributed by atoms with Gasteiger partial charge < -0.3 is 24.1 Å². The van der Waals surface area contributed by atoms with Crippen LogP contribution in [0.5, 0.6) is 0 Å². The molecule has 2 heterocycles. The highest BCUT2D eigenvalue weighted by atomic mass is 35.5. The summed E-state index contributed by atoms with van der Waals surface area (Å²) in [7, 11) is 0. The molecule has 2 aliphatic heterocycles. The van der Waals surface area contributed by atoms with Crippen molar-refractivity contribution in [2.75, 3.05) is 5.88 Å². The fourth-order valence-electron chi connectivity index (χ4n) is 2.39. The highest BCUT2D eigenvalue weighted by Crippen LogP contribution is 2.26. The minimum atomic E-state index is -0.735. The third-order valence-corrected chi connectivity index (χ3v) is 3.87. The summed E-state index contributed by atoms with van der Waals surface area (Å²) >= 11 is 5.42. The first kappa shape index (κ1) is 16.5. The Morgan fingerprint density at radius 1 is 1.38 bits per heavy atom. The number of rotatable bonds is 4. The van der Waals surface area contributed by atoms with E-state index in [4.69, 9.17) is 30.5 Å². The number of ether oxygens (including phenoxy) is 4. The number of esters is 1. The van der Waals surface area contributed by atoms with Gasteiger partial charge in [-0.25, -0.2) is 0 Å². The normalized spacial score (nSPS) is 39.6. The standard InChI is InChI=1S/C14H21ClO6/c1-8-10(20-12(16)7-15)3-4-13(19-8)21-11-5-6-18-9(2)14(11)17/h5-6,8-11,13-14,17H,3-4,7H2,1-2H3/t8-,9+,10-,11+,13-,14+/m0/s1. The van der Waals surface area contributed by atoms with Crippen molar-refractivity contribution in [3.05, 3.63) is 12.3 Å². The SMILES string of the molecule is C[C@@H]1O[C@@H](O[C@@H]2C=CO[C@H](C)[C@H]2O)CC[C@@H]1OC(=O)CCl. The molecule has 7 heteroatoms. The van der Waals surface area contributed by atoms with Gasteiger partial charge in [0.2, 0.25) is 0 Å². The molecular formula is C14H21ClO6. The highest BCUT2D eigenvalue weighted by Gasteiger charge is 2.35. The molecular weight excluding hydrogens is 300 g/mol. The van der Waals surface area contributed by atoms with Gasteiger partial charge >= 0.3 is 5.97 Å². The lowest BCUT2D eigenvalue weighted by atomic mass is 10.0. The summed E-state index contributed by atoms with van der Waals surface area (Å²) in [6.45, 7) is 3.59. The maximum absolute atomic E-state index is 11.2. The molecule has 1 fully saturated rings. The molecule has 0 aromatic heterocycles. The van der Waals surface area contributed by atoms with Crippen molar-refractivity contribution >= 4 is 17.6 Å². The Labute approximate surface area is 128 Å². The summed E-state index contributed by atoms with van der Waals surface area (Å²) in [5, 5.41) is 10.00. The lowest BCUT2D eigenvalue weighted by Gasteiger charge is -2.37. The number of halogens is 1. The molecule has 6 atom stereocenters. The van der Waals surface area contributed by atoms with E-state index in [-0.39, 0.29) is 24.2 Å². The van der Waals surface area contributed by atoms with Crippen LogP contribution in [0.1, 0.15) is 26.7 Å². The largest absolute Gasteiger partial charge is 0.496 e. The monoisotopic (exact) mass is 320 g/mol. The maximum Gasteiger partial charge on any atom is 0.321 e. The second-order valence-electron chi connectivity index (χ2n) is 5.27. The van der Waals surface area contributed by atoms with Crippen LogP contribution < -0.4 is 0 Å². The number of carbonyl (C=O) groups is 1. The average Bonchev–Trinajstić information content (AvgIpc) is 2.46. The van der Waals surface area contributed by atoms with E-state index >= 15 is 0 Å². The molecule has 0 radical (unpaired) electrons. The molecule has 0 bridgehead atoms. The summed E-state index contributed by atoms with van der Waals surface area (Å²) in [5.74, 6) is -0.617. The zero-order valence-electron chi connectivity index (χ0n) is 12.1. The summed E-state index contributed by atoms with van der Waals surface area (Å²) in [5.41, 5.74) is 0. The fourth-order valence-corrected chi connectivity index (χ4v) is 2.46. The van der Waals surface area contributed by atoms with E-state index in [0.29, 0.717) is 12.8 Å². The zero-order chi connectivity index (χ0) is 15.4. The lowest BCUT2D eigenvalue weighted by Crippen LogP contribution is -2.46. The lowest BCUT2D eigenvalue weighted by molar-refractivity contribution is -0.248. The van der Waals surface area contributed by atoms with Gasteiger partial charge in [0.1, 0.15) is 30.3 Å². The van der Waals surface area contributed by atoms with Crippen LogP contribution in [0.2, 0.25) is 0 Å². The zero-order valence-corrected chi connectivity index (χ0v) is 12.9. The van der Waals surface area contributed by atoms with Crippen LogP contribution in [0.15, 0.2) is 12.3 Å². The predicted molar refractivity (Wildman–Crippen MR) is 74.7 cm³/mol. The van der Waals surface area contributed by atoms with E-state index in [0.717, 1.165) is 0 Å². The number of aliphatic hydroxyl groups excluding tert-OH is 1. The van der Waals surface area contributed by atoms with E-state index < -0.39 is 24.5 Å². The number of alkyl halides is 1. The van der Waals surface area contributed by atoms with Crippen molar-refractivity contribution in [3.63, 3.8) is 0 Å². The minimum Gasteiger partial charge on any atom is -0.496 e. The Morgan fingerprint density at radius 2 is 2.14 bits per heavy atom. The quantitative estimate of drug-likeness (QED) is 0.622. The van der Waals surface area contributed by atoms with Gasteiger partial charge in [-0.05, 0) is 26.3 Å². The molecule has 0 aromatic rings. The summed E-state index contributed by atoms with van der Waals surface area (Å²) in [4.78, 5) is 11.2. The molecule has 6 nitrogen and oxygen atoms in total. The minimum absolute atomic E-state index is 0.167. The Bertz CT molecular complexity index is 388. The number of hydrogen-bond donors (Lipinski definition) is 1. The molecule has 1 saturated heterocycles. The van der Waals surface area contributed by atoms with Gasteiger partial charge in [-0.15, -0.1) is 11.6 Å². The topological polar surface area (TPSA) is 74.2 Å². The first-order valence-corrected chi connectivity index (χ1v) is 7.61. The summed E-state index contributed by atoms with van der Waals surface area (Å²) < 4.78 is 21.8. The van der Waals surface area contributed by atoms with E-state index in [1.165, 1.54) is 6.26 Å². The molecule has 0 unspecified atom stereocenters. The van der Waals surface area contributed by atoms with E-state index in [9.17, 15) is 9.90 Å². The predicted octanol–water partition coefficient (Wildman–Crippen LogP) is 1.34. The van der Waals surface area contributed by atoms with Crippen LogP contribution in [0.25, 0.3) is 0 Å². The molecule has 120 valence electrons. The molecule has 0 saturated carbocycles. The van der Waals surface area contributed by atoms with Crippen molar-refractivity contribution in [2.24, 2.45) is 0 Å². The van der Waals surface area contributed by atoms with E-state index in [1.54, 1.807) is 13.0 Å². The van der Waals surface area contributed by atoms with Crippen molar-refractivity contribution in [1.82, 2.24) is 0 Å². The van der Waals surface area contributed by atoms with Crippen LogP contribution in [0.3, 0.4) is 0 Å². The van der Waals surface area contributed by atoms with Gasteiger partial charge in [0.15, 0.2) is 6.29 Å². The van der Waals surface area contributed by atoms with Crippen molar-refractivity contribution in [3.8, 4) is 0 Å².